The Bertz CT molecular complexity index is 4880. The van der Waals surface area contributed by atoms with Crippen LogP contribution in [0.2, 0.25) is 0 Å². The van der Waals surface area contributed by atoms with Crippen molar-refractivity contribution in [2.24, 2.45) is 88.8 Å². The van der Waals surface area contributed by atoms with E-state index in [1.807, 2.05) is 52.0 Å². The molecule has 698 valence electrons. The van der Waals surface area contributed by atoms with Crippen molar-refractivity contribution in [2.75, 3.05) is 73.7 Å². The number of carbonyl (C=O) groups excluding carboxylic acids is 6. The molecule has 31 heteroatoms. The third-order valence-corrected chi connectivity index (χ3v) is 30.6. The number of hydrogen-bond donors (Lipinski definition) is 5. The van der Waals surface area contributed by atoms with E-state index in [-0.39, 0.29) is 168 Å². The van der Waals surface area contributed by atoms with Gasteiger partial charge in [-0.15, -0.1) is 0 Å². The van der Waals surface area contributed by atoms with E-state index >= 15 is 0 Å². The molecule has 31 nitrogen and oxygen atoms in total. The van der Waals surface area contributed by atoms with Crippen LogP contribution in [0.25, 0.3) is 0 Å². The van der Waals surface area contributed by atoms with Gasteiger partial charge in [-0.05, 0) is 215 Å². The monoisotopic (exact) mass is 1780 g/mol. The molecular formula is C97H133N9O22. The fourth-order valence-corrected chi connectivity index (χ4v) is 24.0. The van der Waals surface area contributed by atoms with Gasteiger partial charge >= 0.3 is 5.97 Å². The third-order valence-electron chi connectivity index (χ3n) is 30.6. The maximum Gasteiger partial charge on any atom is 0.329 e. The van der Waals surface area contributed by atoms with Gasteiger partial charge in [-0.3, -0.25) is 69.3 Å². The van der Waals surface area contributed by atoms with Crippen LogP contribution < -0.4 is 9.47 Å². The lowest BCUT2D eigenvalue weighted by Crippen LogP contribution is -2.56. The predicted molar refractivity (Wildman–Crippen MR) is 476 cm³/mol. The molecule has 0 radical (unpaired) electrons. The second kappa shape index (κ2) is 40.9. The molecule has 5 saturated heterocycles. The highest BCUT2D eigenvalue weighted by atomic mass is 16.6. The van der Waals surface area contributed by atoms with Crippen LogP contribution in [0.5, 0.6) is 11.5 Å². The lowest BCUT2D eigenvalue weighted by Gasteiger charge is -2.38. The molecule has 0 spiro atoms. The van der Waals surface area contributed by atoms with Crippen LogP contribution in [-0.4, -0.2) is 214 Å². The number of carbonyl (C=O) groups is 6. The molecule has 5 saturated carbocycles. The largest absolute Gasteiger partial charge is 0.497 e. The summed E-state index contributed by atoms with van der Waals surface area (Å²) in [5.74, 6) is -1.49. The summed E-state index contributed by atoms with van der Waals surface area (Å²) in [7, 11) is 4.37. The Kier molecular flexibility index (Phi) is 31.5. The van der Waals surface area contributed by atoms with Crippen LogP contribution in [0.4, 0.5) is 0 Å². The highest BCUT2D eigenvalue weighted by Crippen LogP contribution is 2.58. The fraction of sp³-hybridized carbons (Fsp3) is 0.629. The Balaban J connectivity index is 0.000000155. The van der Waals surface area contributed by atoms with Gasteiger partial charge in [0, 0.05) is 138 Å². The molecule has 10 fully saturated rings. The molecule has 5 aromatic carbocycles. The van der Waals surface area contributed by atoms with Gasteiger partial charge < -0.3 is 59.3 Å². The first-order valence-corrected chi connectivity index (χ1v) is 45.6. The summed E-state index contributed by atoms with van der Waals surface area (Å²) in [6, 6.07) is 34.8. The van der Waals surface area contributed by atoms with Crippen molar-refractivity contribution in [2.45, 2.75) is 226 Å². The molecule has 5 aliphatic carbocycles. The number of benzene rings is 5. The van der Waals surface area contributed by atoms with Crippen molar-refractivity contribution in [3.05, 3.63) is 205 Å². The average Bonchev–Trinajstić information content (AvgIpc) is 1.59. The number of ether oxygens (including phenoxy) is 3. The number of rotatable bonds is 29. The third kappa shape index (κ3) is 21.2. The summed E-state index contributed by atoms with van der Waals surface area (Å²) >= 11 is 0. The maximum atomic E-state index is 12.9. The molecule has 10 unspecified atom stereocenters. The van der Waals surface area contributed by atoms with Crippen molar-refractivity contribution in [1.29, 1.82) is 0 Å². The summed E-state index contributed by atoms with van der Waals surface area (Å²) in [5.41, 5.74) is 5.49. The molecule has 0 aromatic heterocycles. The number of aryl methyl sites for hydroxylation is 7. The van der Waals surface area contributed by atoms with Crippen molar-refractivity contribution in [1.82, 2.24) is 24.5 Å². The highest BCUT2D eigenvalue weighted by Gasteiger charge is 2.67. The number of amides is 5. The lowest BCUT2D eigenvalue weighted by atomic mass is 9.86. The Morgan fingerprint density at radius 3 is 1.07 bits per heavy atom. The summed E-state index contributed by atoms with van der Waals surface area (Å²) < 4.78 is 15.4. The Hall–Kier alpha value is -10.1. The SMILES string of the molecule is CC[C@H]1C2CC(=O)N(CCCc3cccc(C)c3)C2(O)C[C@@H]1C.COC(=O)[C@H](Cc1cccc(OC)c1)N1C(=O)CC2[C@H](C[N+](=O)[O-])[C@@H](C)CC21O.COc1cccc(CCN2C(=O)CC3[C@H](C[N+](=O)[O-])[C@@H](C)CC32O)c1.Cc1ccc(CCCN2C(=O)CC3[C@H](C[N+](=O)[O-])[C@@H](C)CC32O)cc1C.Cc1ccc(CCN2C(=O)CC3[C@H](C[N+](=O)[O-])[C@@H](C)CC32O)cc1C. The number of nitro groups is 4. The van der Waals surface area contributed by atoms with Crippen molar-refractivity contribution < 1.29 is 88.2 Å². The standard InChI is InChI=1S/C20H26N2O7.C20H28N2O4.C20H29NO2.C19H26N2O4.C18H24N2O5/c1-12-10-20(25)16(15(12)11-21(26)27)9-18(23)22(20)17(19(24)29-3)8-13-5-4-6-14(7-13)28-2;1-13-6-7-16(9-14(13)2)5-4-8-21-19(23)10-18-17(12-22(25)26)15(3)11-20(18,21)24;1-4-17-15(3)13-20(23)18(17)12-19(22)21(20)10-6-9-16-8-5-7-14(2)11-16;1-12-4-5-15(8-13(12)2)6-7-20-18(22)9-17-16(11-21(24)25)14(3)10-19(17,20)23;1-12-10-18(22)16(15(12)11-20(23)24)9-17(21)19(18)7-6-13-4-3-5-14(8-13)25-2/h4-7,12,15-17,25H,8-11H2,1-3H3;6-7,9,15,17-18,24H,4-5,8,10-12H2,1-3H3;5,7-8,11,15,17-18,23H,4,6,9-10,12-13H2,1-3H3;4-5,8,14,16-17,23H,6-7,9-11H2,1-3H3;3-5,8,12,15-16,22H,6-7,9-11H2,1-2H3/t12-,15+,16?,17-,20?;2*15-,17+,18?,20?;14-,16+,17?,19?;12-,15+,16?,18?/m00000/s1. The summed E-state index contributed by atoms with van der Waals surface area (Å²) in [6.45, 7) is 23.6. The number of nitrogens with zero attached hydrogens (tertiary/aromatic N) is 9. The summed E-state index contributed by atoms with van der Waals surface area (Å²) in [4.78, 5) is 126. The van der Waals surface area contributed by atoms with E-state index in [0.717, 1.165) is 61.0 Å². The number of hydrogen-bond acceptors (Lipinski definition) is 22. The predicted octanol–water partition coefficient (Wildman–Crippen LogP) is 11.5. The van der Waals surface area contributed by atoms with Crippen LogP contribution in [0.1, 0.15) is 181 Å². The van der Waals surface area contributed by atoms with Crippen LogP contribution in [0, 0.1) is 164 Å². The van der Waals surface area contributed by atoms with Gasteiger partial charge in [-0.25, -0.2) is 4.79 Å². The molecule has 21 atom stereocenters. The van der Waals surface area contributed by atoms with Crippen LogP contribution in [0.15, 0.2) is 109 Å². The maximum absolute atomic E-state index is 12.9. The molecule has 5 amide bonds. The van der Waals surface area contributed by atoms with Crippen LogP contribution in [0.3, 0.4) is 0 Å². The van der Waals surface area contributed by atoms with E-state index in [9.17, 15) is 94.8 Å². The second-order valence-electron chi connectivity index (χ2n) is 38.6. The van der Waals surface area contributed by atoms with Gasteiger partial charge in [0.05, 0.1) is 21.3 Å². The fourth-order valence-electron chi connectivity index (χ4n) is 24.0. The quantitative estimate of drug-likeness (QED) is 0.0169. The Labute approximate surface area is 750 Å². The van der Waals surface area contributed by atoms with Gasteiger partial charge in [0.1, 0.15) is 46.2 Å². The van der Waals surface area contributed by atoms with Crippen molar-refractivity contribution >= 4 is 35.5 Å². The first kappa shape index (κ1) is 98.5. The first-order chi connectivity index (χ1) is 60.4. The zero-order valence-electron chi connectivity index (χ0n) is 76.7. The molecule has 10 aliphatic rings. The molecule has 0 bridgehead atoms. The second-order valence-corrected chi connectivity index (χ2v) is 38.6. The Morgan fingerprint density at radius 2 is 0.711 bits per heavy atom. The minimum absolute atomic E-state index is 0.0211. The molecule has 5 N–H and O–H groups in total. The van der Waals surface area contributed by atoms with E-state index in [1.54, 1.807) is 46.1 Å². The number of fused-ring (bicyclic) bond motifs is 5. The van der Waals surface area contributed by atoms with E-state index < -0.39 is 63.3 Å². The van der Waals surface area contributed by atoms with Gasteiger partial charge in [0.25, 0.3) is 0 Å². The highest BCUT2D eigenvalue weighted by molar-refractivity contribution is 5.88. The number of aliphatic hydroxyl groups is 5. The summed E-state index contributed by atoms with van der Waals surface area (Å²) in [6.07, 6.45) is 9.30. The zero-order chi connectivity index (χ0) is 93.6. The van der Waals surface area contributed by atoms with Gasteiger partial charge in [0.2, 0.25) is 55.7 Å². The summed E-state index contributed by atoms with van der Waals surface area (Å²) in [5, 5.41) is 100. The van der Waals surface area contributed by atoms with Gasteiger partial charge in [-0.1, -0.05) is 138 Å². The molecule has 15 rings (SSSR count). The normalized spacial score (nSPS) is 31.1. The first-order valence-electron chi connectivity index (χ1n) is 45.6. The minimum atomic E-state index is -1.60. The average molecular weight is 1780 g/mol. The molecule has 5 aliphatic heterocycles. The molecular weight excluding hydrogens is 1640 g/mol. The van der Waals surface area contributed by atoms with E-state index in [0.29, 0.717) is 82.3 Å². The molecule has 5 aromatic rings. The number of likely N-dealkylation sites (tertiary alicyclic amines) is 5. The number of methoxy groups -OCH3 is 3. The molecule has 5 heterocycles. The Morgan fingerprint density at radius 1 is 0.398 bits per heavy atom. The number of esters is 1. The zero-order valence-corrected chi connectivity index (χ0v) is 76.7. The van der Waals surface area contributed by atoms with Crippen LogP contribution in [-0.2, 0) is 65.6 Å². The van der Waals surface area contributed by atoms with Crippen molar-refractivity contribution in [3.8, 4) is 11.5 Å². The van der Waals surface area contributed by atoms with E-state index in [4.69, 9.17) is 14.2 Å². The van der Waals surface area contributed by atoms with Crippen molar-refractivity contribution in [3.63, 3.8) is 0 Å². The van der Waals surface area contributed by atoms with E-state index in [2.05, 4.69) is 109 Å². The van der Waals surface area contributed by atoms with Gasteiger partial charge in [0.15, 0.2) is 0 Å². The van der Waals surface area contributed by atoms with Gasteiger partial charge in [-0.2, -0.15) is 0 Å². The minimum Gasteiger partial charge on any atom is -0.497 e. The topological polar surface area (TPSA) is 420 Å². The smallest absolute Gasteiger partial charge is 0.329 e. The molecule has 128 heavy (non-hydrogen) atoms. The van der Waals surface area contributed by atoms with Crippen LogP contribution >= 0.6 is 0 Å². The van der Waals surface area contributed by atoms with E-state index in [1.165, 1.54) is 63.0 Å². The lowest BCUT2D eigenvalue weighted by molar-refractivity contribution is -0.491.